The molecule has 0 radical (unpaired) electrons. The molecule has 1 nitrogen and oxygen atoms in total. The second kappa shape index (κ2) is 15.9. The monoisotopic (exact) mass is 901 g/mol. The second-order valence-electron chi connectivity index (χ2n) is 20.7. The van der Waals surface area contributed by atoms with Crippen molar-refractivity contribution in [3.05, 3.63) is 249 Å². The van der Waals surface area contributed by atoms with E-state index in [1.165, 1.54) is 96.9 Å². The van der Waals surface area contributed by atoms with Crippen LogP contribution in [-0.2, 0) is 16.2 Å². The third-order valence-corrected chi connectivity index (χ3v) is 17.1. The molecule has 1 spiro atoms. The van der Waals surface area contributed by atoms with Gasteiger partial charge in [-0.25, -0.2) is 0 Å². The first-order valence-corrected chi connectivity index (χ1v) is 25.5. The highest BCUT2D eigenvalue weighted by Crippen LogP contribution is 2.64. The summed E-state index contributed by atoms with van der Waals surface area (Å²) in [5.74, 6) is 0.0431. The summed E-state index contributed by atoms with van der Waals surface area (Å²) in [5.41, 5.74) is 18.4. The first kappa shape index (κ1) is 42.0. The fourth-order valence-electron chi connectivity index (χ4n) is 11.5. The Bertz CT molecular complexity index is 3340. The van der Waals surface area contributed by atoms with E-state index in [0.717, 1.165) is 24.2 Å². The van der Waals surface area contributed by atoms with Crippen LogP contribution in [0.15, 0.2) is 215 Å². The number of hydrogen-bond donors (Lipinski definition) is 0. The molecule has 0 bridgehead atoms. The van der Waals surface area contributed by atoms with Gasteiger partial charge in [0.05, 0.1) is 11.1 Å². The van der Waals surface area contributed by atoms with Gasteiger partial charge < -0.3 is 4.90 Å². The van der Waals surface area contributed by atoms with Crippen LogP contribution in [0.3, 0.4) is 0 Å². The first-order chi connectivity index (χ1) is 32.5. The molecule has 3 heteroatoms. The Hall–Kier alpha value is -6.39. The van der Waals surface area contributed by atoms with Crippen LogP contribution in [0, 0.1) is 0 Å². The number of rotatable bonds is 6. The largest absolute Gasteiger partial charge is 0.310 e. The highest BCUT2D eigenvalue weighted by Gasteiger charge is 2.51. The number of allylic oxidation sites excluding steroid dienone is 4. The van der Waals surface area contributed by atoms with Crippen molar-refractivity contribution in [1.82, 2.24) is 0 Å². The highest BCUT2D eigenvalue weighted by molar-refractivity contribution is 8.03. The minimum atomic E-state index is -0.406. The fraction of sp³-hybridized carbons (Fsp3) is 0.188. The molecular weight excluding hydrogens is 847 g/mol. The van der Waals surface area contributed by atoms with Gasteiger partial charge in [0.15, 0.2) is 0 Å². The zero-order valence-electron chi connectivity index (χ0n) is 39.2. The van der Waals surface area contributed by atoms with Crippen molar-refractivity contribution in [2.24, 2.45) is 0 Å². The van der Waals surface area contributed by atoms with E-state index in [1.807, 2.05) is 23.1 Å². The van der Waals surface area contributed by atoms with E-state index in [9.17, 15) is 0 Å². The summed E-state index contributed by atoms with van der Waals surface area (Å²) in [6.07, 6.45) is 4.67. The molecule has 2 heterocycles. The quantitative estimate of drug-likeness (QED) is 0.164. The number of fused-ring (bicyclic) bond motifs is 11. The van der Waals surface area contributed by atoms with E-state index in [-0.39, 0.29) is 16.7 Å². The van der Waals surface area contributed by atoms with Crippen LogP contribution in [0.4, 0.5) is 17.1 Å². The number of thioether (sulfide) groups is 1. The van der Waals surface area contributed by atoms with Gasteiger partial charge in [-0.15, -0.1) is 11.3 Å². The van der Waals surface area contributed by atoms with Gasteiger partial charge in [0, 0.05) is 42.4 Å². The summed E-state index contributed by atoms with van der Waals surface area (Å²) in [7, 11) is 0. The van der Waals surface area contributed by atoms with Crippen molar-refractivity contribution in [1.29, 1.82) is 0 Å². The van der Waals surface area contributed by atoms with Gasteiger partial charge >= 0.3 is 0 Å². The zero-order valence-corrected chi connectivity index (χ0v) is 40.9. The third-order valence-electron chi connectivity index (χ3n) is 14.7. The number of nitrogens with zero attached hydrogens (tertiary/aromatic N) is 1. The Balaban J connectivity index is 1.10. The van der Waals surface area contributed by atoms with Crippen molar-refractivity contribution in [2.45, 2.75) is 81.4 Å². The molecule has 1 unspecified atom stereocenters. The Labute approximate surface area is 404 Å². The molecule has 0 amide bonds. The van der Waals surface area contributed by atoms with Gasteiger partial charge in [0.1, 0.15) is 0 Å². The first-order valence-electron chi connectivity index (χ1n) is 23.9. The van der Waals surface area contributed by atoms with Gasteiger partial charge in [0.2, 0.25) is 0 Å². The van der Waals surface area contributed by atoms with Gasteiger partial charge in [-0.1, -0.05) is 204 Å². The number of hydrogen-bond acceptors (Lipinski definition) is 3. The van der Waals surface area contributed by atoms with E-state index in [4.69, 9.17) is 0 Å². The molecule has 8 aromatic carbocycles. The molecule has 12 rings (SSSR count). The maximum Gasteiger partial charge on any atom is 0.0732 e. The lowest BCUT2D eigenvalue weighted by Gasteiger charge is -2.43. The standard InChI is InChI=1S/C64H55NS2/c1-62(2,3)43-31-35-45(36-32-43)65(46-37-33-44(34-38-46)63(4,5)6)54-26-17-29-58-61(54)60-49(22-16-28-57(60)67-58)59(41-18-8-7-9-19-41)42-30-39-56-53(40-42)64(52-25-14-15-27-55(52)66-56)50-23-12-10-20-47(50)48-21-11-13-24-51(48)64/h7-29,31-38,40,59H,30,39H2,1-6H3. The van der Waals surface area contributed by atoms with Crippen molar-refractivity contribution in [3.63, 3.8) is 0 Å². The molecule has 0 saturated heterocycles. The van der Waals surface area contributed by atoms with Crippen LogP contribution in [0.1, 0.15) is 99.2 Å². The van der Waals surface area contributed by atoms with Crippen molar-refractivity contribution >= 4 is 60.3 Å². The molecule has 67 heavy (non-hydrogen) atoms. The summed E-state index contributed by atoms with van der Waals surface area (Å²) in [6.45, 7) is 13.8. The second-order valence-corrected chi connectivity index (χ2v) is 23.0. The fourth-order valence-corrected chi connectivity index (χ4v) is 14.0. The Morgan fingerprint density at radius 1 is 0.493 bits per heavy atom. The summed E-state index contributed by atoms with van der Waals surface area (Å²) < 4.78 is 2.62. The lowest BCUT2D eigenvalue weighted by atomic mass is 9.64. The Kier molecular flexibility index (Phi) is 9.94. The third kappa shape index (κ3) is 6.72. The van der Waals surface area contributed by atoms with Crippen LogP contribution in [0.25, 0.3) is 31.3 Å². The molecule has 9 aromatic rings. The predicted octanol–water partition coefficient (Wildman–Crippen LogP) is 18.3. The minimum absolute atomic E-state index is 0.0431. The van der Waals surface area contributed by atoms with E-state index in [0.29, 0.717) is 0 Å². The molecule has 328 valence electrons. The van der Waals surface area contributed by atoms with E-state index in [1.54, 1.807) is 0 Å². The van der Waals surface area contributed by atoms with Gasteiger partial charge in [-0.05, 0) is 133 Å². The zero-order chi connectivity index (χ0) is 45.7. The van der Waals surface area contributed by atoms with Crippen LogP contribution in [0.5, 0.6) is 0 Å². The lowest BCUT2D eigenvalue weighted by molar-refractivity contribution is 0.590. The summed E-state index contributed by atoms with van der Waals surface area (Å²) >= 11 is 3.92. The van der Waals surface area contributed by atoms with Crippen LogP contribution < -0.4 is 4.90 Å². The molecule has 0 fully saturated rings. The minimum Gasteiger partial charge on any atom is -0.310 e. The van der Waals surface area contributed by atoms with Crippen LogP contribution >= 0.6 is 23.1 Å². The van der Waals surface area contributed by atoms with Gasteiger partial charge in [0.25, 0.3) is 0 Å². The van der Waals surface area contributed by atoms with Crippen molar-refractivity contribution in [3.8, 4) is 11.1 Å². The van der Waals surface area contributed by atoms with E-state index < -0.39 is 5.41 Å². The maximum absolute atomic E-state index is 2.67. The molecular formula is C64H55NS2. The average Bonchev–Trinajstić information content (AvgIpc) is 3.87. The maximum atomic E-state index is 2.67. The SMILES string of the molecule is CC(C)(C)c1ccc(N(c2ccc(C(C)(C)C)cc2)c2cccc3sc4cccc(C(C5=CC6=C(CC5)Sc5ccccc5C65c6ccccc6-c6ccccc65)c5ccccc5)c4c23)cc1. The average molecular weight is 902 g/mol. The topological polar surface area (TPSA) is 3.24 Å². The number of anilines is 3. The molecule has 1 atom stereocenters. The molecule has 1 aromatic heterocycles. The van der Waals surface area contributed by atoms with Gasteiger partial charge in [-0.2, -0.15) is 0 Å². The lowest BCUT2D eigenvalue weighted by Crippen LogP contribution is -2.33. The Morgan fingerprint density at radius 2 is 1.03 bits per heavy atom. The van der Waals surface area contributed by atoms with E-state index in [2.05, 4.69) is 241 Å². The predicted molar refractivity (Wildman–Crippen MR) is 288 cm³/mol. The molecule has 0 N–H and O–H groups in total. The van der Waals surface area contributed by atoms with Crippen molar-refractivity contribution in [2.75, 3.05) is 4.90 Å². The van der Waals surface area contributed by atoms with Crippen molar-refractivity contribution < 1.29 is 0 Å². The smallest absolute Gasteiger partial charge is 0.0732 e. The molecule has 3 aliphatic rings. The van der Waals surface area contributed by atoms with Gasteiger partial charge in [-0.3, -0.25) is 0 Å². The summed E-state index contributed by atoms with van der Waals surface area (Å²) in [5, 5.41) is 2.66. The van der Waals surface area contributed by atoms with E-state index >= 15 is 0 Å². The number of thiophene rings is 1. The molecule has 0 saturated carbocycles. The molecule has 2 aliphatic carbocycles. The summed E-state index contributed by atoms with van der Waals surface area (Å²) in [4.78, 5) is 5.37. The van der Waals surface area contributed by atoms with Crippen LogP contribution in [-0.4, -0.2) is 0 Å². The number of benzene rings is 8. The molecule has 1 aliphatic heterocycles. The normalized spacial score (nSPS) is 15.5. The van der Waals surface area contributed by atoms with Crippen LogP contribution in [0.2, 0.25) is 0 Å². The summed E-state index contributed by atoms with van der Waals surface area (Å²) in [6, 6.07) is 71.6. The Morgan fingerprint density at radius 3 is 1.64 bits per heavy atom. The highest BCUT2D eigenvalue weighted by atomic mass is 32.2.